The topological polar surface area (TPSA) is 125 Å². The first-order valence-electron chi connectivity index (χ1n) is 14.3. The maximum Gasteiger partial charge on any atom is 0.305 e. The van der Waals surface area contributed by atoms with E-state index in [-0.39, 0.29) is 25.3 Å². The molecule has 0 radical (unpaired) electrons. The van der Waals surface area contributed by atoms with Gasteiger partial charge < -0.3 is 20.1 Å². The van der Waals surface area contributed by atoms with Crippen molar-refractivity contribution in [2.24, 2.45) is 0 Å². The number of nitrogens with one attached hydrogen (secondary N) is 2. The molecule has 0 heterocycles. The first kappa shape index (κ1) is 32.1. The van der Waals surface area contributed by atoms with Crippen LogP contribution in [0.15, 0.2) is 97.1 Å². The summed E-state index contributed by atoms with van der Waals surface area (Å²) >= 11 is 0. The lowest BCUT2D eigenvalue weighted by Crippen LogP contribution is -2.26. The summed E-state index contributed by atoms with van der Waals surface area (Å²) in [5.74, 6) is 0.235. The second-order valence-electron chi connectivity index (χ2n) is 10.5. The van der Waals surface area contributed by atoms with Crippen molar-refractivity contribution in [3.63, 3.8) is 0 Å². The Morgan fingerprint density at radius 2 is 1.36 bits per heavy atom. The molecular weight excluding hydrogens is 578 g/mol. The predicted octanol–water partition coefficient (Wildman–Crippen LogP) is 5.89. The van der Waals surface area contributed by atoms with Crippen LogP contribution in [0.3, 0.4) is 0 Å². The van der Waals surface area contributed by atoms with E-state index in [0.717, 1.165) is 34.2 Å². The van der Waals surface area contributed by atoms with Crippen molar-refractivity contribution >= 4 is 33.3 Å². The molecule has 0 saturated carbocycles. The third-order valence-electron chi connectivity index (χ3n) is 6.92. The lowest BCUT2D eigenvalue weighted by molar-refractivity contribution is -0.136. The Hall–Kier alpha value is -4.83. The smallest absolute Gasteiger partial charge is 0.305 e. The zero-order valence-electron chi connectivity index (χ0n) is 24.8. The normalized spacial score (nSPS) is 11.0. The minimum atomic E-state index is -3.42. The second-order valence-corrected chi connectivity index (χ2v) is 12.3. The Balaban J connectivity index is 1.41. The van der Waals surface area contributed by atoms with E-state index in [1.807, 2.05) is 85.8 Å². The van der Waals surface area contributed by atoms with Crippen molar-refractivity contribution in [3.8, 4) is 11.5 Å². The third-order valence-corrected chi connectivity index (χ3v) is 7.51. The van der Waals surface area contributed by atoms with Gasteiger partial charge in [-0.15, -0.1) is 0 Å². The number of sulfonamides is 1. The first-order valence-corrected chi connectivity index (χ1v) is 16.2. The molecule has 0 saturated heterocycles. The maximum absolute atomic E-state index is 11.9. The zero-order chi connectivity index (χ0) is 31.5. The van der Waals surface area contributed by atoms with E-state index in [1.165, 1.54) is 0 Å². The highest BCUT2D eigenvalue weighted by molar-refractivity contribution is 7.92. The average molecular weight is 616 g/mol. The molecule has 4 rings (SSSR count). The van der Waals surface area contributed by atoms with Gasteiger partial charge in [0.25, 0.3) is 0 Å². The number of carbonyl (C=O) groups excluding carboxylic acids is 1. The minimum Gasteiger partial charge on any atom is -0.481 e. The molecule has 0 aliphatic rings. The lowest BCUT2D eigenvalue weighted by atomic mass is 10.1. The summed E-state index contributed by atoms with van der Waals surface area (Å²) in [4.78, 5) is 24.7. The van der Waals surface area contributed by atoms with Gasteiger partial charge in [0.1, 0.15) is 11.5 Å². The molecule has 0 aliphatic heterocycles. The summed E-state index contributed by atoms with van der Waals surface area (Å²) in [5.41, 5.74) is 5.50. The van der Waals surface area contributed by atoms with Gasteiger partial charge in [0.15, 0.2) is 0 Å². The molecule has 0 unspecified atom stereocenters. The molecule has 10 heteroatoms. The molecule has 3 N–H and O–H groups in total. The fourth-order valence-electron chi connectivity index (χ4n) is 4.71. The largest absolute Gasteiger partial charge is 0.481 e. The average Bonchev–Trinajstić information content (AvgIpc) is 2.98. The number of hydrogen-bond donors (Lipinski definition) is 3. The van der Waals surface area contributed by atoms with Gasteiger partial charge in [0.05, 0.1) is 18.4 Å². The van der Waals surface area contributed by atoms with Crippen molar-refractivity contribution in [1.29, 1.82) is 0 Å². The molecule has 4 aromatic carbocycles. The van der Waals surface area contributed by atoms with Gasteiger partial charge in [-0.05, 0) is 72.0 Å². The molecule has 44 heavy (non-hydrogen) atoms. The van der Waals surface area contributed by atoms with Crippen molar-refractivity contribution in [2.45, 2.75) is 39.3 Å². The number of ether oxygens (including phenoxy) is 1. The van der Waals surface area contributed by atoms with Crippen LogP contribution in [-0.4, -0.2) is 38.2 Å². The van der Waals surface area contributed by atoms with E-state index in [9.17, 15) is 18.0 Å². The number of rotatable bonds is 15. The lowest BCUT2D eigenvalue weighted by Gasteiger charge is -2.28. The van der Waals surface area contributed by atoms with Crippen LogP contribution in [-0.2, 0) is 39.1 Å². The number of anilines is 2. The van der Waals surface area contributed by atoms with Crippen molar-refractivity contribution in [1.82, 2.24) is 5.32 Å². The zero-order valence-corrected chi connectivity index (χ0v) is 25.6. The van der Waals surface area contributed by atoms with Crippen LogP contribution >= 0.6 is 0 Å². The Morgan fingerprint density at radius 1 is 0.773 bits per heavy atom. The quantitative estimate of drug-likeness (QED) is 0.152. The van der Waals surface area contributed by atoms with Gasteiger partial charge >= 0.3 is 5.97 Å². The van der Waals surface area contributed by atoms with E-state index < -0.39 is 16.0 Å². The minimum absolute atomic E-state index is 0.0940. The number of amides is 1. The summed E-state index contributed by atoms with van der Waals surface area (Å²) in [6, 6.07) is 31.1. The highest BCUT2D eigenvalue weighted by Crippen LogP contribution is 2.30. The van der Waals surface area contributed by atoms with Gasteiger partial charge in [0.2, 0.25) is 15.9 Å². The number of aryl methyl sites for hydroxylation is 1. The first-order chi connectivity index (χ1) is 21.1. The summed E-state index contributed by atoms with van der Waals surface area (Å²) in [6.45, 7) is 3.27. The number of nitrogens with zero attached hydrogens (tertiary/aromatic N) is 1. The van der Waals surface area contributed by atoms with Gasteiger partial charge in [-0.25, -0.2) is 8.42 Å². The van der Waals surface area contributed by atoms with Crippen LogP contribution in [0.4, 0.5) is 11.4 Å². The molecule has 0 bridgehead atoms. The van der Waals surface area contributed by atoms with E-state index in [1.54, 1.807) is 6.07 Å². The molecule has 230 valence electrons. The van der Waals surface area contributed by atoms with E-state index in [4.69, 9.17) is 9.84 Å². The molecule has 0 fully saturated rings. The molecule has 0 spiro atoms. The van der Waals surface area contributed by atoms with Gasteiger partial charge in [-0.2, -0.15) is 0 Å². The molecule has 1 amide bonds. The van der Waals surface area contributed by atoms with Gasteiger partial charge in [-0.1, -0.05) is 60.7 Å². The highest BCUT2D eigenvalue weighted by atomic mass is 32.2. The monoisotopic (exact) mass is 615 g/mol. The highest BCUT2D eigenvalue weighted by Gasteiger charge is 2.15. The van der Waals surface area contributed by atoms with Crippen LogP contribution in [0.2, 0.25) is 0 Å². The van der Waals surface area contributed by atoms with Crippen LogP contribution in [0.1, 0.15) is 35.1 Å². The van der Waals surface area contributed by atoms with E-state index >= 15 is 0 Å². The summed E-state index contributed by atoms with van der Waals surface area (Å²) < 4.78 is 32.5. The van der Waals surface area contributed by atoms with Crippen molar-refractivity contribution in [3.05, 3.63) is 119 Å². The fourth-order valence-corrected chi connectivity index (χ4v) is 5.33. The molecule has 0 aliphatic carbocycles. The number of aliphatic carboxylic acids is 1. The van der Waals surface area contributed by atoms with Crippen LogP contribution in [0, 0.1) is 6.92 Å². The summed E-state index contributed by atoms with van der Waals surface area (Å²) in [7, 11) is -3.42. The Morgan fingerprint density at radius 3 is 1.95 bits per heavy atom. The number of carbonyl (C=O) groups is 2. The number of benzene rings is 4. The van der Waals surface area contributed by atoms with Crippen LogP contribution in [0.5, 0.6) is 11.5 Å². The SMILES string of the molecule is Cc1c(NS(C)(=O)=O)cccc1N(Cc1ccccc1)Cc1ccc(Oc2ccc(CCC(=O)NCCC(=O)O)cc2)cc1. The molecule has 4 aromatic rings. The molecular formula is C34H37N3O6S. The fraction of sp³-hybridized carbons (Fsp3) is 0.235. The Labute approximate surface area is 258 Å². The predicted molar refractivity (Wildman–Crippen MR) is 173 cm³/mol. The molecule has 9 nitrogen and oxygen atoms in total. The number of hydrogen-bond acceptors (Lipinski definition) is 6. The van der Waals surface area contributed by atoms with Crippen LogP contribution in [0.25, 0.3) is 0 Å². The molecule has 0 atom stereocenters. The maximum atomic E-state index is 11.9. The number of carboxylic acid groups (broad SMARTS) is 1. The third kappa shape index (κ3) is 10.2. The van der Waals surface area contributed by atoms with Crippen molar-refractivity contribution in [2.75, 3.05) is 22.4 Å². The van der Waals surface area contributed by atoms with Crippen molar-refractivity contribution < 1.29 is 27.9 Å². The van der Waals surface area contributed by atoms with Gasteiger partial charge in [-0.3, -0.25) is 14.3 Å². The summed E-state index contributed by atoms with van der Waals surface area (Å²) in [6.07, 6.45) is 1.87. The Kier molecular flexibility index (Phi) is 11.0. The number of carboxylic acids is 1. The van der Waals surface area contributed by atoms with E-state index in [0.29, 0.717) is 36.7 Å². The Bertz CT molecular complexity index is 1660. The summed E-state index contributed by atoms with van der Waals surface area (Å²) in [5, 5.41) is 11.3. The van der Waals surface area contributed by atoms with Gasteiger partial charge in [0, 0.05) is 31.7 Å². The van der Waals surface area contributed by atoms with E-state index in [2.05, 4.69) is 27.1 Å². The second kappa shape index (κ2) is 15.1. The standard InChI is InChI=1S/C34H37N3O6S/c1-25-31(36-44(2,41)42)9-6-10-32(25)37(23-27-7-4-3-5-8-27)24-28-13-18-30(19-14-28)43-29-16-11-26(12-17-29)15-20-33(38)35-22-21-34(39)40/h3-14,16-19,36H,15,20-24H2,1-2H3,(H,35,38)(H,39,40). The molecule has 0 aromatic heterocycles. The van der Waals surface area contributed by atoms with Crippen LogP contribution < -0.4 is 19.7 Å².